The zero-order valence-electron chi connectivity index (χ0n) is 17.5. The second-order valence-corrected chi connectivity index (χ2v) is 7.88. The molecule has 5 aromatic rings. The van der Waals surface area contributed by atoms with Gasteiger partial charge < -0.3 is 9.84 Å². The standard InChI is InChI=1S/C29H22O3/c30-29(31)19-32-28-15-14-24(23-13-12-20-6-1-2-8-22(20)16-23)17-26(28)18-25-10-5-9-21-7-3-4-11-27(21)25/h1-17H,18-19H2,(H,30,31). The largest absolute Gasteiger partial charge is 0.482 e. The van der Waals surface area contributed by atoms with Crippen LogP contribution < -0.4 is 4.74 Å². The molecule has 0 amide bonds. The van der Waals surface area contributed by atoms with Crippen molar-refractivity contribution in [2.75, 3.05) is 6.61 Å². The number of hydrogen-bond acceptors (Lipinski definition) is 2. The van der Waals surface area contributed by atoms with Crippen LogP contribution in [0.4, 0.5) is 0 Å². The van der Waals surface area contributed by atoms with Crippen LogP contribution in [-0.4, -0.2) is 17.7 Å². The molecule has 0 aliphatic rings. The zero-order valence-corrected chi connectivity index (χ0v) is 17.5. The lowest BCUT2D eigenvalue weighted by Crippen LogP contribution is -2.10. The molecule has 1 N–H and O–H groups in total. The van der Waals surface area contributed by atoms with Crippen molar-refractivity contribution in [1.29, 1.82) is 0 Å². The van der Waals surface area contributed by atoms with Crippen LogP contribution in [-0.2, 0) is 11.2 Å². The number of carboxylic acids is 1. The number of carboxylic acid groups (broad SMARTS) is 1. The summed E-state index contributed by atoms with van der Waals surface area (Å²) < 4.78 is 5.64. The lowest BCUT2D eigenvalue weighted by Gasteiger charge is -2.14. The highest BCUT2D eigenvalue weighted by atomic mass is 16.5. The first-order valence-corrected chi connectivity index (χ1v) is 10.6. The fraction of sp³-hybridized carbons (Fsp3) is 0.0690. The van der Waals surface area contributed by atoms with Gasteiger partial charge in [-0.15, -0.1) is 0 Å². The van der Waals surface area contributed by atoms with Crippen LogP contribution in [0.25, 0.3) is 32.7 Å². The van der Waals surface area contributed by atoms with E-state index in [0.29, 0.717) is 12.2 Å². The normalized spacial score (nSPS) is 11.0. The first-order valence-electron chi connectivity index (χ1n) is 10.6. The number of hydrogen-bond donors (Lipinski definition) is 1. The summed E-state index contributed by atoms with van der Waals surface area (Å²) in [5, 5.41) is 13.9. The Bertz CT molecular complexity index is 1430. The van der Waals surface area contributed by atoms with Crippen molar-refractivity contribution >= 4 is 27.5 Å². The molecule has 32 heavy (non-hydrogen) atoms. The Morgan fingerprint density at radius 3 is 2.19 bits per heavy atom. The van der Waals surface area contributed by atoms with E-state index in [4.69, 9.17) is 9.84 Å². The molecule has 0 heterocycles. The van der Waals surface area contributed by atoms with Gasteiger partial charge in [-0.05, 0) is 62.0 Å². The van der Waals surface area contributed by atoms with Crippen molar-refractivity contribution < 1.29 is 14.6 Å². The lowest BCUT2D eigenvalue weighted by molar-refractivity contribution is -0.139. The summed E-state index contributed by atoms with van der Waals surface area (Å²) in [5.74, 6) is -0.385. The van der Waals surface area contributed by atoms with Gasteiger partial charge in [-0.2, -0.15) is 0 Å². The molecule has 0 aromatic heterocycles. The van der Waals surface area contributed by atoms with Gasteiger partial charge in [-0.3, -0.25) is 0 Å². The van der Waals surface area contributed by atoms with E-state index in [2.05, 4.69) is 66.7 Å². The SMILES string of the molecule is O=C(O)COc1ccc(-c2ccc3ccccc3c2)cc1Cc1cccc2ccccc12. The van der Waals surface area contributed by atoms with E-state index in [1.807, 2.05) is 36.4 Å². The van der Waals surface area contributed by atoms with Gasteiger partial charge in [0.1, 0.15) is 5.75 Å². The molecule has 3 heteroatoms. The van der Waals surface area contributed by atoms with Crippen molar-refractivity contribution in [1.82, 2.24) is 0 Å². The number of fused-ring (bicyclic) bond motifs is 2. The topological polar surface area (TPSA) is 46.5 Å². The molecule has 156 valence electrons. The van der Waals surface area contributed by atoms with Crippen LogP contribution in [0.1, 0.15) is 11.1 Å². The first-order chi connectivity index (χ1) is 15.7. The van der Waals surface area contributed by atoms with Gasteiger partial charge in [0.15, 0.2) is 6.61 Å². The minimum absolute atomic E-state index is 0.363. The van der Waals surface area contributed by atoms with E-state index < -0.39 is 5.97 Å². The second kappa shape index (κ2) is 8.56. The molecule has 0 aliphatic carbocycles. The lowest BCUT2D eigenvalue weighted by atomic mass is 9.94. The van der Waals surface area contributed by atoms with Crippen molar-refractivity contribution in [3.63, 3.8) is 0 Å². The van der Waals surface area contributed by atoms with Crippen LogP contribution in [0.3, 0.4) is 0 Å². The predicted molar refractivity (Wildman–Crippen MR) is 129 cm³/mol. The Kier molecular flexibility index (Phi) is 5.30. The van der Waals surface area contributed by atoms with Crippen LogP contribution in [0.5, 0.6) is 5.75 Å². The van der Waals surface area contributed by atoms with Crippen molar-refractivity contribution in [2.24, 2.45) is 0 Å². The summed E-state index contributed by atoms with van der Waals surface area (Å²) in [7, 11) is 0. The van der Waals surface area contributed by atoms with Crippen LogP contribution in [0.2, 0.25) is 0 Å². The van der Waals surface area contributed by atoms with E-state index >= 15 is 0 Å². The highest BCUT2D eigenvalue weighted by molar-refractivity contribution is 5.88. The summed E-state index contributed by atoms with van der Waals surface area (Å²) in [4.78, 5) is 11.1. The Morgan fingerprint density at radius 2 is 1.34 bits per heavy atom. The Balaban J connectivity index is 1.58. The summed E-state index contributed by atoms with van der Waals surface area (Å²) in [5.41, 5.74) is 4.34. The van der Waals surface area contributed by atoms with Gasteiger partial charge >= 0.3 is 5.97 Å². The van der Waals surface area contributed by atoms with E-state index in [1.54, 1.807) is 0 Å². The molecule has 5 aromatic carbocycles. The minimum Gasteiger partial charge on any atom is -0.482 e. The quantitative estimate of drug-likeness (QED) is 0.333. The molecular weight excluding hydrogens is 396 g/mol. The molecule has 0 bridgehead atoms. The Hall–Kier alpha value is -4.11. The van der Waals surface area contributed by atoms with Gasteiger partial charge in [0.05, 0.1) is 0 Å². The molecule has 0 unspecified atom stereocenters. The summed E-state index contributed by atoms with van der Waals surface area (Å²) in [6, 6.07) is 35.3. The van der Waals surface area contributed by atoms with E-state index in [-0.39, 0.29) is 6.61 Å². The molecule has 0 atom stereocenters. The molecule has 0 spiro atoms. The monoisotopic (exact) mass is 418 g/mol. The van der Waals surface area contributed by atoms with Crippen molar-refractivity contribution in [2.45, 2.75) is 6.42 Å². The van der Waals surface area contributed by atoms with Gasteiger partial charge in [0, 0.05) is 6.42 Å². The third kappa shape index (κ3) is 4.06. The predicted octanol–water partition coefficient (Wildman–Crippen LogP) is 6.71. The average molecular weight is 418 g/mol. The van der Waals surface area contributed by atoms with Gasteiger partial charge in [-0.1, -0.05) is 84.9 Å². The summed E-state index contributed by atoms with van der Waals surface area (Å²) in [6.07, 6.45) is 0.651. The molecule has 3 nitrogen and oxygen atoms in total. The highest BCUT2D eigenvalue weighted by Crippen LogP contribution is 2.32. The molecule has 5 rings (SSSR count). The van der Waals surface area contributed by atoms with Gasteiger partial charge in [0.2, 0.25) is 0 Å². The summed E-state index contributed by atoms with van der Waals surface area (Å²) in [6.45, 7) is -0.363. The van der Waals surface area contributed by atoms with Gasteiger partial charge in [0.25, 0.3) is 0 Å². The summed E-state index contributed by atoms with van der Waals surface area (Å²) >= 11 is 0. The second-order valence-electron chi connectivity index (χ2n) is 7.88. The first kappa shape index (κ1) is 19.8. The maximum absolute atomic E-state index is 11.1. The molecule has 0 radical (unpaired) electrons. The number of ether oxygens (including phenoxy) is 1. The van der Waals surface area contributed by atoms with E-state index in [9.17, 15) is 4.79 Å². The van der Waals surface area contributed by atoms with Crippen molar-refractivity contribution in [3.05, 3.63) is 114 Å². The average Bonchev–Trinajstić information content (AvgIpc) is 2.83. The number of aliphatic carboxylic acids is 1. The Morgan fingerprint density at radius 1 is 0.656 bits per heavy atom. The van der Waals surface area contributed by atoms with Crippen molar-refractivity contribution in [3.8, 4) is 16.9 Å². The number of benzene rings is 5. The minimum atomic E-state index is -0.986. The molecule has 0 fully saturated rings. The fourth-order valence-electron chi connectivity index (χ4n) is 4.20. The zero-order chi connectivity index (χ0) is 21.9. The van der Waals surface area contributed by atoms with E-state index in [1.165, 1.54) is 27.1 Å². The van der Waals surface area contributed by atoms with E-state index in [0.717, 1.165) is 16.7 Å². The van der Waals surface area contributed by atoms with Crippen LogP contribution in [0, 0.1) is 0 Å². The maximum atomic E-state index is 11.1. The third-order valence-electron chi connectivity index (χ3n) is 5.76. The third-order valence-corrected chi connectivity index (χ3v) is 5.76. The van der Waals surface area contributed by atoms with Crippen LogP contribution in [0.15, 0.2) is 103 Å². The van der Waals surface area contributed by atoms with Crippen LogP contribution >= 0.6 is 0 Å². The molecule has 0 saturated carbocycles. The Labute approximate surface area is 186 Å². The maximum Gasteiger partial charge on any atom is 0.341 e. The fourth-order valence-corrected chi connectivity index (χ4v) is 4.20. The smallest absolute Gasteiger partial charge is 0.341 e. The van der Waals surface area contributed by atoms with Gasteiger partial charge in [-0.25, -0.2) is 4.79 Å². The highest BCUT2D eigenvalue weighted by Gasteiger charge is 2.11. The molecule has 0 aliphatic heterocycles. The number of carbonyl (C=O) groups is 1. The molecule has 0 saturated heterocycles. The number of rotatable bonds is 6. The molecular formula is C29H22O3.